The fourth-order valence-corrected chi connectivity index (χ4v) is 2.08. The molecule has 0 radical (unpaired) electrons. The summed E-state index contributed by atoms with van der Waals surface area (Å²) in [5.41, 5.74) is -1.78. The van der Waals surface area contributed by atoms with E-state index in [1.54, 1.807) is 6.92 Å². The van der Waals surface area contributed by atoms with Gasteiger partial charge in [0.1, 0.15) is 0 Å². The Balaban J connectivity index is 2.57. The Bertz CT molecular complexity index is 195. The molecule has 1 saturated carbocycles. The Morgan fingerprint density at radius 2 is 2.00 bits per heavy atom. The van der Waals surface area contributed by atoms with Crippen LogP contribution in [0, 0.1) is 5.92 Å². The third kappa shape index (κ3) is 2.46. The van der Waals surface area contributed by atoms with Gasteiger partial charge in [0.05, 0.1) is 6.61 Å². The maximum atomic E-state index is 14.1. The number of hydrogen-bond donors (Lipinski definition) is 0. The number of alkyl halides is 1. The molecular weight excluding hydrogens is 183 g/mol. The fourth-order valence-electron chi connectivity index (χ4n) is 2.08. The second kappa shape index (κ2) is 4.76. The van der Waals surface area contributed by atoms with E-state index in [0.29, 0.717) is 0 Å². The van der Waals surface area contributed by atoms with Crippen LogP contribution < -0.4 is 0 Å². The number of hydrogen-bond acceptors (Lipinski definition) is 2. The van der Waals surface area contributed by atoms with E-state index in [1.807, 2.05) is 0 Å². The second-order valence-corrected chi connectivity index (χ2v) is 4.13. The molecule has 82 valence electrons. The number of ether oxygens (including phenoxy) is 1. The highest BCUT2D eigenvalue weighted by Crippen LogP contribution is 2.35. The standard InChI is InChI=1S/C11H19FO2/c1-3-14-10(13)11(2,12)9-7-5-4-6-8-9/h9H,3-8H2,1-2H3. The lowest BCUT2D eigenvalue weighted by molar-refractivity contribution is -0.161. The van der Waals surface area contributed by atoms with Crippen LogP contribution >= 0.6 is 0 Å². The molecular formula is C11H19FO2. The molecule has 0 aromatic heterocycles. The van der Waals surface area contributed by atoms with Crippen molar-refractivity contribution in [1.82, 2.24) is 0 Å². The molecule has 0 amide bonds. The van der Waals surface area contributed by atoms with Crippen molar-refractivity contribution in [2.45, 2.75) is 51.6 Å². The van der Waals surface area contributed by atoms with Gasteiger partial charge in [0.15, 0.2) is 0 Å². The molecule has 0 bridgehead atoms. The van der Waals surface area contributed by atoms with Gasteiger partial charge in [-0.15, -0.1) is 0 Å². The minimum absolute atomic E-state index is 0.143. The first-order valence-electron chi connectivity index (χ1n) is 5.45. The van der Waals surface area contributed by atoms with Gasteiger partial charge in [0.2, 0.25) is 5.67 Å². The zero-order chi connectivity index (χ0) is 10.6. The van der Waals surface area contributed by atoms with Gasteiger partial charge in [-0.2, -0.15) is 0 Å². The van der Waals surface area contributed by atoms with Crippen molar-refractivity contribution in [1.29, 1.82) is 0 Å². The van der Waals surface area contributed by atoms with Crippen LogP contribution in [0.5, 0.6) is 0 Å². The van der Waals surface area contributed by atoms with Crippen LogP contribution in [0.4, 0.5) is 4.39 Å². The molecule has 0 aromatic carbocycles. The highest BCUT2D eigenvalue weighted by Gasteiger charge is 2.43. The van der Waals surface area contributed by atoms with Gasteiger partial charge in [-0.25, -0.2) is 9.18 Å². The lowest BCUT2D eigenvalue weighted by Gasteiger charge is -2.31. The Morgan fingerprint density at radius 3 is 2.50 bits per heavy atom. The van der Waals surface area contributed by atoms with Crippen molar-refractivity contribution in [3.8, 4) is 0 Å². The Hall–Kier alpha value is -0.600. The lowest BCUT2D eigenvalue weighted by atomic mass is 9.79. The van der Waals surface area contributed by atoms with Gasteiger partial charge in [-0.05, 0) is 26.7 Å². The van der Waals surface area contributed by atoms with Crippen LogP contribution in [-0.2, 0) is 9.53 Å². The second-order valence-electron chi connectivity index (χ2n) is 4.13. The van der Waals surface area contributed by atoms with Crippen LogP contribution in [0.15, 0.2) is 0 Å². The van der Waals surface area contributed by atoms with Crippen LogP contribution in [0.2, 0.25) is 0 Å². The van der Waals surface area contributed by atoms with Gasteiger partial charge in [-0.1, -0.05) is 19.3 Å². The highest BCUT2D eigenvalue weighted by molar-refractivity contribution is 5.79. The number of carbonyl (C=O) groups is 1. The van der Waals surface area contributed by atoms with Gasteiger partial charge >= 0.3 is 5.97 Å². The van der Waals surface area contributed by atoms with E-state index in [9.17, 15) is 9.18 Å². The molecule has 14 heavy (non-hydrogen) atoms. The zero-order valence-corrected chi connectivity index (χ0v) is 9.01. The largest absolute Gasteiger partial charge is 0.464 e. The summed E-state index contributed by atoms with van der Waals surface area (Å²) in [5.74, 6) is -0.831. The molecule has 0 saturated heterocycles. The monoisotopic (exact) mass is 202 g/mol. The maximum Gasteiger partial charge on any atom is 0.343 e. The predicted octanol–water partition coefficient (Wildman–Crippen LogP) is 2.86. The minimum Gasteiger partial charge on any atom is -0.464 e. The van der Waals surface area contributed by atoms with Crippen molar-refractivity contribution >= 4 is 5.97 Å². The Kier molecular flexibility index (Phi) is 3.90. The topological polar surface area (TPSA) is 26.3 Å². The summed E-state index contributed by atoms with van der Waals surface area (Å²) in [6.45, 7) is 3.32. The molecule has 0 N–H and O–H groups in total. The lowest BCUT2D eigenvalue weighted by Crippen LogP contribution is -2.41. The smallest absolute Gasteiger partial charge is 0.343 e. The number of rotatable bonds is 3. The van der Waals surface area contributed by atoms with E-state index in [-0.39, 0.29) is 12.5 Å². The summed E-state index contributed by atoms with van der Waals surface area (Å²) in [6.07, 6.45) is 4.85. The van der Waals surface area contributed by atoms with Gasteiger partial charge in [-0.3, -0.25) is 0 Å². The maximum absolute atomic E-state index is 14.1. The van der Waals surface area contributed by atoms with Crippen LogP contribution in [-0.4, -0.2) is 18.2 Å². The van der Waals surface area contributed by atoms with Gasteiger partial charge in [0.25, 0.3) is 0 Å². The SMILES string of the molecule is CCOC(=O)C(C)(F)C1CCCCC1. The van der Waals surface area contributed by atoms with Crippen LogP contribution in [0.25, 0.3) is 0 Å². The molecule has 1 rings (SSSR count). The van der Waals surface area contributed by atoms with E-state index in [1.165, 1.54) is 6.92 Å². The predicted molar refractivity (Wildman–Crippen MR) is 52.7 cm³/mol. The van der Waals surface area contributed by atoms with E-state index >= 15 is 0 Å². The molecule has 0 aliphatic heterocycles. The van der Waals surface area contributed by atoms with E-state index in [4.69, 9.17) is 4.74 Å². The Morgan fingerprint density at radius 1 is 1.43 bits per heavy atom. The van der Waals surface area contributed by atoms with Crippen molar-refractivity contribution in [3.63, 3.8) is 0 Å². The summed E-state index contributed by atoms with van der Waals surface area (Å²) >= 11 is 0. The van der Waals surface area contributed by atoms with Crippen LogP contribution in [0.1, 0.15) is 46.0 Å². The molecule has 1 aliphatic carbocycles. The highest BCUT2D eigenvalue weighted by atomic mass is 19.1. The van der Waals surface area contributed by atoms with E-state index in [2.05, 4.69) is 0 Å². The number of carbonyl (C=O) groups excluding carboxylic acids is 1. The molecule has 0 spiro atoms. The molecule has 1 unspecified atom stereocenters. The van der Waals surface area contributed by atoms with Gasteiger partial charge < -0.3 is 4.74 Å². The number of halogens is 1. The van der Waals surface area contributed by atoms with Crippen molar-refractivity contribution in [3.05, 3.63) is 0 Å². The third-order valence-electron chi connectivity index (χ3n) is 3.05. The van der Waals surface area contributed by atoms with Gasteiger partial charge in [0, 0.05) is 5.92 Å². The van der Waals surface area contributed by atoms with Crippen molar-refractivity contribution in [2.75, 3.05) is 6.61 Å². The van der Waals surface area contributed by atoms with E-state index < -0.39 is 11.6 Å². The fraction of sp³-hybridized carbons (Fsp3) is 0.909. The van der Waals surface area contributed by atoms with Crippen molar-refractivity contribution < 1.29 is 13.9 Å². The zero-order valence-electron chi connectivity index (χ0n) is 9.01. The summed E-state index contributed by atoms with van der Waals surface area (Å²) < 4.78 is 18.8. The van der Waals surface area contributed by atoms with E-state index in [0.717, 1.165) is 32.1 Å². The summed E-state index contributed by atoms with van der Waals surface area (Å²) in [4.78, 5) is 11.4. The quantitative estimate of drug-likeness (QED) is 0.658. The summed E-state index contributed by atoms with van der Waals surface area (Å²) in [6, 6.07) is 0. The normalized spacial score (nSPS) is 22.8. The minimum atomic E-state index is -1.78. The molecule has 1 fully saturated rings. The molecule has 1 atom stereocenters. The first-order valence-corrected chi connectivity index (χ1v) is 5.45. The first kappa shape index (κ1) is 11.5. The molecule has 0 aromatic rings. The summed E-state index contributed by atoms with van der Waals surface area (Å²) in [7, 11) is 0. The van der Waals surface area contributed by atoms with Crippen molar-refractivity contribution in [2.24, 2.45) is 5.92 Å². The average molecular weight is 202 g/mol. The molecule has 0 heterocycles. The molecule has 2 nitrogen and oxygen atoms in total. The summed E-state index contributed by atoms with van der Waals surface area (Å²) in [5, 5.41) is 0. The number of esters is 1. The Labute approximate surface area is 84.8 Å². The first-order chi connectivity index (χ1) is 6.59. The molecule has 1 aliphatic rings. The molecule has 3 heteroatoms. The third-order valence-corrected chi connectivity index (χ3v) is 3.05. The van der Waals surface area contributed by atoms with Crippen LogP contribution in [0.3, 0.4) is 0 Å². The average Bonchev–Trinajstić information content (AvgIpc) is 2.19.